The predicted molar refractivity (Wildman–Crippen MR) is 75.7 cm³/mol. The molecule has 0 saturated carbocycles. The van der Waals surface area contributed by atoms with Crippen molar-refractivity contribution in [3.05, 3.63) is 30.5 Å². The van der Waals surface area contributed by atoms with E-state index in [0.29, 0.717) is 0 Å². The van der Waals surface area contributed by atoms with Gasteiger partial charge in [0.2, 0.25) is 0 Å². The molecule has 88 valence electrons. The Morgan fingerprint density at radius 2 is 2.00 bits per heavy atom. The first kappa shape index (κ1) is 10.7. The first-order valence-corrected chi connectivity index (χ1v) is 6.97. The first-order valence-electron chi connectivity index (χ1n) is 5.81. The number of aromatic nitrogens is 1. The molecule has 4 heteroatoms. The molecule has 0 spiro atoms. The van der Waals surface area contributed by atoms with Crippen LogP contribution >= 0.6 is 11.8 Å². The van der Waals surface area contributed by atoms with Crippen LogP contribution in [0.3, 0.4) is 0 Å². The third-order valence-electron chi connectivity index (χ3n) is 3.10. The monoisotopic (exact) mass is 245 g/mol. The number of hydrogen-bond donors (Lipinski definition) is 1. The molecule has 1 aromatic heterocycles. The number of fused-ring (bicyclic) bond motifs is 1. The van der Waals surface area contributed by atoms with Gasteiger partial charge in [0.25, 0.3) is 0 Å². The van der Waals surface area contributed by atoms with Crippen molar-refractivity contribution < 1.29 is 0 Å². The topological polar surface area (TPSA) is 42.1 Å². The maximum Gasteiger partial charge on any atom is 0.0743 e. The van der Waals surface area contributed by atoms with Gasteiger partial charge >= 0.3 is 0 Å². The Morgan fingerprint density at radius 3 is 2.82 bits per heavy atom. The van der Waals surface area contributed by atoms with Crippen LogP contribution in [0.15, 0.2) is 30.5 Å². The van der Waals surface area contributed by atoms with Gasteiger partial charge in [-0.05, 0) is 24.3 Å². The Bertz CT molecular complexity index is 535. The van der Waals surface area contributed by atoms with Gasteiger partial charge in [0, 0.05) is 47.6 Å². The van der Waals surface area contributed by atoms with Crippen molar-refractivity contribution in [2.75, 3.05) is 35.2 Å². The summed E-state index contributed by atoms with van der Waals surface area (Å²) in [6, 6.07) is 8.08. The normalized spacial score (nSPS) is 16.4. The number of benzene rings is 1. The molecule has 0 atom stereocenters. The van der Waals surface area contributed by atoms with E-state index in [1.807, 2.05) is 30.1 Å². The van der Waals surface area contributed by atoms with Crippen LogP contribution in [0.4, 0.5) is 11.4 Å². The molecule has 0 unspecified atom stereocenters. The zero-order chi connectivity index (χ0) is 11.7. The van der Waals surface area contributed by atoms with Crippen LogP contribution in [0.1, 0.15) is 0 Å². The fourth-order valence-corrected chi connectivity index (χ4v) is 3.13. The molecule has 1 aliphatic rings. The molecule has 1 fully saturated rings. The summed E-state index contributed by atoms with van der Waals surface area (Å²) < 4.78 is 0. The molecule has 1 aliphatic heterocycles. The van der Waals surface area contributed by atoms with E-state index in [4.69, 9.17) is 5.73 Å². The maximum atomic E-state index is 5.80. The summed E-state index contributed by atoms with van der Waals surface area (Å²) in [5.41, 5.74) is 8.84. The first-order chi connectivity index (χ1) is 8.34. The quantitative estimate of drug-likeness (QED) is 0.783. The van der Waals surface area contributed by atoms with E-state index >= 15 is 0 Å². The summed E-state index contributed by atoms with van der Waals surface area (Å²) in [4.78, 5) is 6.83. The molecule has 0 amide bonds. The highest BCUT2D eigenvalue weighted by Crippen LogP contribution is 2.28. The third-order valence-corrected chi connectivity index (χ3v) is 4.04. The van der Waals surface area contributed by atoms with Gasteiger partial charge in [-0.1, -0.05) is 0 Å². The summed E-state index contributed by atoms with van der Waals surface area (Å²) >= 11 is 2.02. The van der Waals surface area contributed by atoms with E-state index in [1.54, 1.807) is 0 Å². The van der Waals surface area contributed by atoms with E-state index in [1.165, 1.54) is 22.6 Å². The Kier molecular flexibility index (Phi) is 2.81. The van der Waals surface area contributed by atoms with Crippen molar-refractivity contribution in [3.63, 3.8) is 0 Å². The van der Waals surface area contributed by atoms with Gasteiger partial charge in [0.15, 0.2) is 0 Å². The molecule has 3 nitrogen and oxygen atoms in total. The zero-order valence-corrected chi connectivity index (χ0v) is 10.4. The number of hydrogen-bond acceptors (Lipinski definition) is 4. The minimum atomic E-state index is 0.774. The SMILES string of the molecule is Nc1ccc2c(N3CCSCC3)ccnc2c1. The lowest BCUT2D eigenvalue weighted by atomic mass is 10.1. The number of pyridine rings is 1. The molecular formula is C13H15N3S. The second kappa shape index (κ2) is 4.45. The van der Waals surface area contributed by atoms with Gasteiger partial charge in [-0.25, -0.2) is 0 Å². The summed E-state index contributed by atoms with van der Waals surface area (Å²) in [5, 5.41) is 1.20. The average Bonchev–Trinajstić information content (AvgIpc) is 2.39. The zero-order valence-electron chi connectivity index (χ0n) is 9.60. The number of nitrogens with two attached hydrogens (primary N) is 1. The van der Waals surface area contributed by atoms with Crippen molar-refractivity contribution in [2.24, 2.45) is 0 Å². The Labute approximate surface area is 105 Å². The average molecular weight is 245 g/mol. The smallest absolute Gasteiger partial charge is 0.0743 e. The minimum Gasteiger partial charge on any atom is -0.399 e. The molecule has 3 rings (SSSR count). The summed E-state index contributed by atoms with van der Waals surface area (Å²) in [6.07, 6.45) is 1.87. The molecule has 17 heavy (non-hydrogen) atoms. The van der Waals surface area contributed by atoms with Crippen LogP contribution < -0.4 is 10.6 Å². The van der Waals surface area contributed by atoms with Crippen molar-refractivity contribution in [3.8, 4) is 0 Å². The minimum absolute atomic E-state index is 0.774. The van der Waals surface area contributed by atoms with Crippen LogP contribution in [-0.2, 0) is 0 Å². The van der Waals surface area contributed by atoms with Gasteiger partial charge in [-0.15, -0.1) is 0 Å². The van der Waals surface area contributed by atoms with Crippen LogP contribution in [0, 0.1) is 0 Å². The van der Waals surface area contributed by atoms with Crippen LogP contribution in [0.2, 0.25) is 0 Å². The molecule has 2 N–H and O–H groups in total. The Balaban J connectivity index is 2.09. The predicted octanol–water partition coefficient (Wildman–Crippen LogP) is 2.37. The number of thioether (sulfide) groups is 1. The van der Waals surface area contributed by atoms with Crippen LogP contribution in [0.5, 0.6) is 0 Å². The van der Waals surface area contributed by atoms with Crippen LogP contribution in [-0.4, -0.2) is 29.6 Å². The highest BCUT2D eigenvalue weighted by atomic mass is 32.2. The summed E-state index contributed by atoms with van der Waals surface area (Å²) in [6.45, 7) is 2.24. The number of nitrogen functional groups attached to an aromatic ring is 1. The number of nitrogens with zero attached hydrogens (tertiary/aromatic N) is 2. The lowest BCUT2D eigenvalue weighted by Crippen LogP contribution is -2.32. The standard InChI is InChI=1S/C13H15N3S/c14-10-1-2-11-12(9-10)15-4-3-13(11)16-5-7-17-8-6-16/h1-4,9H,5-8,14H2. The molecule has 0 radical (unpaired) electrons. The highest BCUT2D eigenvalue weighted by Gasteiger charge is 2.13. The van der Waals surface area contributed by atoms with Crippen molar-refractivity contribution in [2.45, 2.75) is 0 Å². The van der Waals surface area contributed by atoms with Crippen molar-refractivity contribution in [1.29, 1.82) is 0 Å². The molecule has 1 saturated heterocycles. The van der Waals surface area contributed by atoms with Crippen molar-refractivity contribution in [1.82, 2.24) is 4.98 Å². The Hall–Kier alpha value is -1.42. The molecule has 0 bridgehead atoms. The van der Waals surface area contributed by atoms with Gasteiger partial charge in [0.05, 0.1) is 5.52 Å². The largest absolute Gasteiger partial charge is 0.399 e. The highest BCUT2D eigenvalue weighted by molar-refractivity contribution is 7.99. The van der Waals surface area contributed by atoms with E-state index < -0.39 is 0 Å². The van der Waals surface area contributed by atoms with E-state index in [2.05, 4.69) is 22.0 Å². The lowest BCUT2D eigenvalue weighted by Gasteiger charge is -2.29. The van der Waals surface area contributed by atoms with Gasteiger partial charge in [0.1, 0.15) is 0 Å². The molecule has 2 aromatic rings. The molecule has 1 aromatic carbocycles. The second-order valence-corrected chi connectivity index (χ2v) is 5.43. The van der Waals surface area contributed by atoms with Crippen molar-refractivity contribution >= 4 is 34.0 Å². The lowest BCUT2D eigenvalue weighted by molar-refractivity contribution is 0.862. The molecule has 2 heterocycles. The maximum absolute atomic E-state index is 5.80. The number of anilines is 2. The third kappa shape index (κ3) is 2.05. The number of rotatable bonds is 1. The second-order valence-electron chi connectivity index (χ2n) is 4.21. The van der Waals surface area contributed by atoms with E-state index in [-0.39, 0.29) is 0 Å². The van der Waals surface area contributed by atoms with Gasteiger partial charge in [-0.2, -0.15) is 11.8 Å². The summed E-state index contributed by atoms with van der Waals surface area (Å²) in [7, 11) is 0. The van der Waals surface area contributed by atoms with Crippen LogP contribution in [0.25, 0.3) is 10.9 Å². The molecular weight excluding hydrogens is 230 g/mol. The fraction of sp³-hybridized carbons (Fsp3) is 0.308. The van der Waals surface area contributed by atoms with Gasteiger partial charge < -0.3 is 10.6 Å². The van der Waals surface area contributed by atoms with E-state index in [0.717, 1.165) is 24.3 Å². The fourth-order valence-electron chi connectivity index (χ4n) is 2.23. The van der Waals surface area contributed by atoms with Gasteiger partial charge in [-0.3, -0.25) is 4.98 Å². The molecule has 0 aliphatic carbocycles. The van der Waals surface area contributed by atoms with E-state index in [9.17, 15) is 0 Å². The Morgan fingerprint density at radius 1 is 1.18 bits per heavy atom. The summed E-state index contributed by atoms with van der Waals surface area (Å²) in [5.74, 6) is 2.41.